The van der Waals surface area contributed by atoms with Gasteiger partial charge in [0.25, 0.3) is 0 Å². The highest BCUT2D eigenvalue weighted by Crippen LogP contribution is 2.36. The summed E-state index contributed by atoms with van der Waals surface area (Å²) in [6.45, 7) is 3.11. The van der Waals surface area contributed by atoms with E-state index in [-0.39, 0.29) is 11.6 Å². The van der Waals surface area contributed by atoms with Crippen LogP contribution in [0.1, 0.15) is 27.0 Å². The van der Waals surface area contributed by atoms with Gasteiger partial charge in [-0.05, 0) is 60.4 Å². The molecular formula is C27H27FN2O3. The number of rotatable bonds is 4. The first-order valence-corrected chi connectivity index (χ1v) is 11.3. The maximum Gasteiger partial charge on any atom is 0.193 e. The van der Waals surface area contributed by atoms with Crippen LogP contribution in [0.15, 0.2) is 54.6 Å². The van der Waals surface area contributed by atoms with E-state index in [4.69, 9.17) is 9.47 Å². The Labute approximate surface area is 193 Å². The van der Waals surface area contributed by atoms with Crippen LogP contribution in [-0.2, 0) is 12.8 Å². The number of para-hydroxylation sites is 1. The van der Waals surface area contributed by atoms with E-state index in [1.54, 1.807) is 20.3 Å². The fourth-order valence-corrected chi connectivity index (χ4v) is 4.86. The Morgan fingerprint density at radius 2 is 1.33 bits per heavy atom. The molecule has 3 aromatic carbocycles. The Balaban J connectivity index is 1.42. The van der Waals surface area contributed by atoms with Crippen LogP contribution in [-0.4, -0.2) is 46.2 Å². The maximum atomic E-state index is 15.3. The van der Waals surface area contributed by atoms with E-state index in [0.29, 0.717) is 41.2 Å². The fraction of sp³-hybridized carbons (Fsp3) is 0.296. The first-order valence-electron chi connectivity index (χ1n) is 11.3. The summed E-state index contributed by atoms with van der Waals surface area (Å²) in [4.78, 5) is 17.8. The zero-order valence-electron chi connectivity index (χ0n) is 18.9. The molecule has 0 spiro atoms. The third-order valence-corrected chi connectivity index (χ3v) is 6.68. The van der Waals surface area contributed by atoms with Crippen molar-refractivity contribution in [2.45, 2.75) is 12.8 Å². The molecule has 0 radical (unpaired) electrons. The highest BCUT2D eigenvalue weighted by Gasteiger charge is 2.27. The lowest BCUT2D eigenvalue weighted by Gasteiger charge is -2.37. The van der Waals surface area contributed by atoms with E-state index in [2.05, 4.69) is 21.9 Å². The summed E-state index contributed by atoms with van der Waals surface area (Å²) in [7, 11) is 3.12. The molecule has 5 nitrogen and oxygen atoms in total. The number of nitrogens with zero attached hydrogens (tertiary/aromatic N) is 2. The monoisotopic (exact) mass is 446 g/mol. The lowest BCUT2D eigenvalue weighted by Crippen LogP contribution is -2.46. The normalized spacial score (nSPS) is 15.5. The Hall–Kier alpha value is -3.54. The predicted molar refractivity (Wildman–Crippen MR) is 128 cm³/mol. The van der Waals surface area contributed by atoms with Crippen LogP contribution < -0.4 is 19.3 Å². The molecule has 5 rings (SSSR count). The van der Waals surface area contributed by atoms with Gasteiger partial charge in [-0.2, -0.15) is 0 Å². The molecular weight excluding hydrogens is 419 g/mol. The maximum absolute atomic E-state index is 15.3. The van der Waals surface area contributed by atoms with Crippen molar-refractivity contribution < 1.29 is 18.7 Å². The van der Waals surface area contributed by atoms with Crippen LogP contribution in [0.2, 0.25) is 0 Å². The number of methoxy groups -OCH3 is 2. The molecule has 0 atom stereocenters. The van der Waals surface area contributed by atoms with E-state index in [0.717, 1.165) is 37.3 Å². The lowest BCUT2D eigenvalue weighted by atomic mass is 9.97. The van der Waals surface area contributed by atoms with Gasteiger partial charge in [0.05, 0.1) is 19.9 Å². The summed E-state index contributed by atoms with van der Waals surface area (Å²) in [6.07, 6.45) is 1.35. The van der Waals surface area contributed by atoms with Gasteiger partial charge in [-0.25, -0.2) is 4.39 Å². The number of anilines is 2. The molecule has 0 aromatic heterocycles. The van der Waals surface area contributed by atoms with Gasteiger partial charge in [0.15, 0.2) is 17.3 Å². The van der Waals surface area contributed by atoms with Crippen LogP contribution in [0.4, 0.5) is 15.8 Å². The van der Waals surface area contributed by atoms with Gasteiger partial charge in [-0.3, -0.25) is 4.79 Å². The van der Waals surface area contributed by atoms with Gasteiger partial charge in [0, 0.05) is 43.0 Å². The number of ether oxygens (including phenoxy) is 2. The molecule has 0 N–H and O–H groups in total. The summed E-state index contributed by atoms with van der Waals surface area (Å²) in [5, 5.41) is 0. The van der Waals surface area contributed by atoms with Gasteiger partial charge >= 0.3 is 0 Å². The van der Waals surface area contributed by atoms with Crippen LogP contribution in [0.5, 0.6) is 11.5 Å². The zero-order chi connectivity index (χ0) is 22.9. The number of piperazine rings is 1. The van der Waals surface area contributed by atoms with Crippen molar-refractivity contribution in [2.75, 3.05) is 50.2 Å². The number of carbonyl (C=O) groups is 1. The van der Waals surface area contributed by atoms with E-state index in [1.807, 2.05) is 30.3 Å². The van der Waals surface area contributed by atoms with E-state index < -0.39 is 0 Å². The molecule has 1 saturated heterocycles. The number of hydrogen-bond acceptors (Lipinski definition) is 5. The minimum atomic E-state index is -0.348. The molecule has 0 unspecified atom stereocenters. The van der Waals surface area contributed by atoms with Gasteiger partial charge in [0.2, 0.25) is 0 Å². The lowest BCUT2D eigenvalue weighted by molar-refractivity contribution is 0.103. The van der Waals surface area contributed by atoms with Crippen molar-refractivity contribution in [1.29, 1.82) is 0 Å². The molecule has 1 aliphatic heterocycles. The summed E-state index contributed by atoms with van der Waals surface area (Å²) < 4.78 is 26.1. The molecule has 1 fully saturated rings. The number of carbonyl (C=O) groups excluding carboxylic acids is 1. The van der Waals surface area contributed by atoms with Crippen molar-refractivity contribution >= 4 is 17.2 Å². The van der Waals surface area contributed by atoms with E-state index in [1.165, 1.54) is 11.8 Å². The molecule has 1 heterocycles. The third-order valence-electron chi connectivity index (χ3n) is 6.68. The second kappa shape index (κ2) is 8.77. The standard InChI is InChI=1S/C27H27FN2O3/c1-32-25-15-19-9-8-18-14-24(23(28)16-21(18)27(31)22(19)17-26(25)33-2)30-12-10-29(11-13-30)20-6-4-3-5-7-20/h3-7,14-17H,8-13H2,1-2H3. The molecule has 0 saturated carbocycles. The number of halogens is 1. The summed E-state index contributed by atoms with van der Waals surface area (Å²) in [5.74, 6) is 0.580. The van der Waals surface area contributed by atoms with Crippen LogP contribution in [0, 0.1) is 5.82 Å². The average Bonchev–Trinajstić information content (AvgIpc) is 2.99. The summed E-state index contributed by atoms with van der Waals surface area (Å²) in [6, 6.07) is 17.2. The zero-order valence-corrected chi connectivity index (χ0v) is 18.9. The topological polar surface area (TPSA) is 42.0 Å². The first kappa shape index (κ1) is 21.3. The second-order valence-corrected chi connectivity index (χ2v) is 8.46. The van der Waals surface area contributed by atoms with Crippen molar-refractivity contribution in [3.63, 3.8) is 0 Å². The second-order valence-electron chi connectivity index (χ2n) is 8.46. The Morgan fingerprint density at radius 1 is 0.758 bits per heavy atom. The Bertz CT molecular complexity index is 1190. The molecule has 2 aliphatic rings. The van der Waals surface area contributed by atoms with Crippen LogP contribution in [0.3, 0.4) is 0 Å². The Kier molecular flexibility index (Phi) is 5.67. The van der Waals surface area contributed by atoms with E-state index >= 15 is 4.39 Å². The quantitative estimate of drug-likeness (QED) is 0.590. The summed E-state index contributed by atoms with van der Waals surface area (Å²) >= 11 is 0. The highest BCUT2D eigenvalue weighted by molar-refractivity contribution is 6.12. The minimum absolute atomic E-state index is 0.169. The van der Waals surface area contributed by atoms with Crippen molar-refractivity contribution in [3.05, 3.63) is 82.7 Å². The molecule has 6 heteroatoms. The molecule has 0 amide bonds. The number of ketones is 1. The highest BCUT2D eigenvalue weighted by atomic mass is 19.1. The number of hydrogen-bond donors (Lipinski definition) is 0. The molecule has 170 valence electrons. The van der Waals surface area contributed by atoms with Crippen LogP contribution >= 0.6 is 0 Å². The molecule has 3 aromatic rings. The van der Waals surface area contributed by atoms with Crippen LogP contribution in [0.25, 0.3) is 0 Å². The van der Waals surface area contributed by atoms with E-state index in [9.17, 15) is 4.79 Å². The van der Waals surface area contributed by atoms with Crippen molar-refractivity contribution in [1.82, 2.24) is 0 Å². The van der Waals surface area contributed by atoms with Crippen molar-refractivity contribution in [2.24, 2.45) is 0 Å². The largest absolute Gasteiger partial charge is 0.493 e. The van der Waals surface area contributed by atoms with Crippen molar-refractivity contribution in [3.8, 4) is 11.5 Å². The number of fused-ring (bicyclic) bond motifs is 2. The van der Waals surface area contributed by atoms with Gasteiger partial charge in [-0.15, -0.1) is 0 Å². The first-order chi connectivity index (χ1) is 16.1. The van der Waals surface area contributed by atoms with Gasteiger partial charge in [0.1, 0.15) is 5.82 Å². The fourth-order valence-electron chi connectivity index (χ4n) is 4.86. The Morgan fingerprint density at radius 3 is 2.00 bits per heavy atom. The predicted octanol–water partition coefficient (Wildman–Crippen LogP) is 4.50. The molecule has 1 aliphatic carbocycles. The number of benzene rings is 3. The molecule has 0 bridgehead atoms. The van der Waals surface area contributed by atoms with Gasteiger partial charge in [-0.1, -0.05) is 18.2 Å². The number of aryl methyl sites for hydroxylation is 2. The molecule has 33 heavy (non-hydrogen) atoms. The minimum Gasteiger partial charge on any atom is -0.493 e. The summed E-state index contributed by atoms with van der Waals surface area (Å²) in [5.41, 5.74) is 4.53. The third kappa shape index (κ3) is 3.90. The SMILES string of the molecule is COc1cc2c(cc1OC)C(=O)c1cc(F)c(N3CCN(c4ccccc4)CC3)cc1CC2. The average molecular weight is 447 g/mol. The smallest absolute Gasteiger partial charge is 0.193 e. The van der Waals surface area contributed by atoms with Gasteiger partial charge < -0.3 is 19.3 Å².